The first kappa shape index (κ1) is 74.1. The Morgan fingerprint density at radius 1 is 0.317 bits per heavy atom. The molecule has 0 atom stereocenters. The average molecular weight is 1160 g/mol. The van der Waals surface area contributed by atoms with Gasteiger partial charge in [0, 0.05) is 5.41 Å². The Kier molecular flexibility index (Phi) is 38.6. The normalized spacial score (nSPS) is 22.7. The lowest BCUT2D eigenvalue weighted by atomic mass is 9.81. The van der Waals surface area contributed by atoms with E-state index < -0.39 is 46.5 Å². The highest BCUT2D eigenvalue weighted by molar-refractivity contribution is 5.78. The summed E-state index contributed by atoms with van der Waals surface area (Å²) in [5.74, 6) is -4.67. The standard InChI is InChI=1S/C39H56O12.C14H20O4.C6H14O3.C3H6O/c1-5-21-46-33(40)27-9-15-30(16-10-27)36(43)49-24-39(8-4,25-50-37(44)31-17-11-28(12-18-31)34(41)47-22-6-2)26-51-38(45)32-19-13-29(14-20-32)35(42)48-23-7-3;1-3-9-17-13(15)11-5-7-12(8-6-11)14(16)18-10-4-2;1-2-6(3-7,4-8)5-9;1-2-3-4/h5-7,27-32H,1-3,8-26H2,4H3;3-4,11-12H,1-2,5-10H2;7-9H,2-5H2,1H3;2,4H,1,3H2. The van der Waals surface area contributed by atoms with Gasteiger partial charge in [0.2, 0.25) is 0 Å². The molecule has 0 radical (unpaired) electrons. The molecule has 20 heteroatoms. The van der Waals surface area contributed by atoms with Gasteiger partial charge in [-0.1, -0.05) is 83.2 Å². The Balaban J connectivity index is 0.000000877. The second-order valence-electron chi connectivity index (χ2n) is 21.3. The van der Waals surface area contributed by atoms with Crippen LogP contribution in [0.5, 0.6) is 0 Å². The lowest BCUT2D eigenvalue weighted by Crippen LogP contribution is -2.41. The van der Waals surface area contributed by atoms with Gasteiger partial charge in [-0.15, -0.1) is 6.58 Å². The Labute approximate surface area is 485 Å². The van der Waals surface area contributed by atoms with Gasteiger partial charge >= 0.3 is 47.8 Å². The van der Waals surface area contributed by atoms with E-state index in [-0.39, 0.29) is 139 Å². The minimum absolute atomic E-state index is 0.0833. The Bertz CT molecular complexity index is 1780. The van der Waals surface area contributed by atoms with Crippen LogP contribution in [0.4, 0.5) is 0 Å². The van der Waals surface area contributed by atoms with E-state index in [1.54, 1.807) is 12.2 Å². The van der Waals surface area contributed by atoms with Gasteiger partial charge in [0.1, 0.15) is 52.9 Å². The van der Waals surface area contributed by atoms with Gasteiger partial charge in [0.05, 0.1) is 79.2 Å². The fourth-order valence-electron chi connectivity index (χ4n) is 9.50. The topological polar surface area (TPSA) is 291 Å². The number of ether oxygens (including phenoxy) is 8. The second kappa shape index (κ2) is 42.8. The molecule has 0 aromatic heterocycles. The van der Waals surface area contributed by atoms with Crippen LogP contribution in [0.3, 0.4) is 0 Å². The highest BCUT2D eigenvalue weighted by Crippen LogP contribution is 2.36. The molecular weight excluding hydrogens is 1060 g/mol. The minimum Gasteiger partial charge on any atom is -0.465 e. The molecule has 4 N–H and O–H groups in total. The van der Waals surface area contributed by atoms with Gasteiger partial charge in [0.15, 0.2) is 0 Å². The van der Waals surface area contributed by atoms with E-state index in [4.69, 9.17) is 58.3 Å². The maximum Gasteiger partial charge on any atom is 0.309 e. The molecule has 0 bridgehead atoms. The first-order valence-corrected chi connectivity index (χ1v) is 28.8. The van der Waals surface area contributed by atoms with Gasteiger partial charge in [-0.25, -0.2) is 0 Å². The van der Waals surface area contributed by atoms with Crippen LogP contribution < -0.4 is 0 Å². The first-order chi connectivity index (χ1) is 39.4. The van der Waals surface area contributed by atoms with Crippen molar-refractivity contribution in [3.63, 3.8) is 0 Å². The summed E-state index contributed by atoms with van der Waals surface area (Å²) >= 11 is 0. The van der Waals surface area contributed by atoms with Gasteiger partial charge < -0.3 is 58.3 Å². The Morgan fingerprint density at radius 2 is 0.476 bits per heavy atom. The zero-order chi connectivity index (χ0) is 61.4. The summed E-state index contributed by atoms with van der Waals surface area (Å²) in [5, 5.41) is 33.7. The van der Waals surface area contributed by atoms with E-state index in [0.29, 0.717) is 116 Å². The summed E-state index contributed by atoms with van der Waals surface area (Å²) in [7, 11) is 0. The summed E-state index contributed by atoms with van der Waals surface area (Å²) in [6.45, 7) is 24.7. The highest BCUT2D eigenvalue weighted by Gasteiger charge is 2.40. The molecule has 4 aliphatic rings. The molecule has 0 heterocycles. The molecule has 0 saturated heterocycles. The van der Waals surface area contributed by atoms with Crippen LogP contribution in [-0.4, -0.2) is 147 Å². The second-order valence-corrected chi connectivity index (χ2v) is 21.3. The summed E-state index contributed by atoms with van der Waals surface area (Å²) in [4.78, 5) is 99.7. The predicted molar refractivity (Wildman–Crippen MR) is 304 cm³/mol. The molecular formula is C62H96O20. The van der Waals surface area contributed by atoms with Crippen molar-refractivity contribution in [2.75, 3.05) is 79.3 Å². The lowest BCUT2D eigenvalue weighted by Gasteiger charge is -2.34. The van der Waals surface area contributed by atoms with E-state index in [9.17, 15) is 38.4 Å². The van der Waals surface area contributed by atoms with E-state index in [2.05, 4.69) is 39.5 Å². The molecule has 0 amide bonds. The van der Waals surface area contributed by atoms with Crippen LogP contribution in [0.2, 0.25) is 0 Å². The van der Waals surface area contributed by atoms with Crippen molar-refractivity contribution in [2.45, 2.75) is 129 Å². The molecule has 0 aromatic carbocycles. The number of hydrogen-bond donors (Lipinski definition) is 4. The van der Waals surface area contributed by atoms with E-state index >= 15 is 0 Å². The Morgan fingerprint density at radius 3 is 0.585 bits per heavy atom. The number of rotatable bonds is 30. The SMILES string of the molecule is C=CCO.C=CCOC(=O)C1CCC(C(=O)OCC(CC)(COC(=O)C2CCC(C(=O)OCC=C)CC2)COC(=O)C2CCC(C(=O)OCC=C)CC2)CC1.C=CCOC(=O)C1CCC(C(=O)OCC=C)CC1.CCC(CO)(CO)CO. The van der Waals surface area contributed by atoms with Crippen LogP contribution in [0.15, 0.2) is 75.9 Å². The van der Waals surface area contributed by atoms with Crippen LogP contribution in [-0.2, 0) is 76.3 Å². The number of carbonyl (C=O) groups excluding carboxylic acids is 8. The van der Waals surface area contributed by atoms with E-state index in [1.165, 1.54) is 24.3 Å². The van der Waals surface area contributed by atoms with Gasteiger partial charge in [-0.05, 0) is 116 Å². The molecule has 0 aliphatic heterocycles. The molecule has 20 nitrogen and oxygen atoms in total. The van der Waals surface area contributed by atoms with Crippen molar-refractivity contribution in [3.05, 3.63) is 75.9 Å². The number of aliphatic hydroxyl groups excluding tert-OH is 4. The fourth-order valence-corrected chi connectivity index (χ4v) is 9.50. The third-order valence-electron chi connectivity index (χ3n) is 15.5. The van der Waals surface area contributed by atoms with Crippen molar-refractivity contribution < 1.29 is 96.7 Å². The number of hydrogen-bond acceptors (Lipinski definition) is 20. The quantitative estimate of drug-likeness (QED) is 0.0309. The van der Waals surface area contributed by atoms with Crippen molar-refractivity contribution in [1.82, 2.24) is 0 Å². The van der Waals surface area contributed by atoms with Crippen LogP contribution in [0.1, 0.15) is 129 Å². The number of aliphatic hydroxyl groups is 4. The largest absolute Gasteiger partial charge is 0.465 e. The van der Waals surface area contributed by atoms with Crippen molar-refractivity contribution in [1.29, 1.82) is 0 Å². The van der Waals surface area contributed by atoms with Gasteiger partial charge in [-0.3, -0.25) is 38.4 Å². The lowest BCUT2D eigenvalue weighted by molar-refractivity contribution is -0.171. The van der Waals surface area contributed by atoms with Crippen LogP contribution in [0, 0.1) is 58.2 Å². The highest BCUT2D eigenvalue weighted by atomic mass is 16.6. The fraction of sp³-hybridized carbons (Fsp3) is 0.677. The molecule has 0 aromatic rings. The predicted octanol–water partition coefficient (Wildman–Crippen LogP) is 7.39. The smallest absolute Gasteiger partial charge is 0.309 e. The van der Waals surface area contributed by atoms with Crippen molar-refractivity contribution in [3.8, 4) is 0 Å². The van der Waals surface area contributed by atoms with Gasteiger partial charge in [-0.2, -0.15) is 0 Å². The third-order valence-corrected chi connectivity index (χ3v) is 15.5. The summed E-state index contributed by atoms with van der Waals surface area (Å²) in [5.41, 5.74) is -1.66. The average Bonchev–Trinajstić information content (AvgIpc) is 3.52. The summed E-state index contributed by atoms with van der Waals surface area (Å²) in [6, 6.07) is 0. The molecule has 82 heavy (non-hydrogen) atoms. The molecule has 4 fully saturated rings. The molecule has 464 valence electrons. The van der Waals surface area contributed by atoms with E-state index in [1.807, 2.05) is 13.8 Å². The van der Waals surface area contributed by atoms with Crippen LogP contribution in [0.25, 0.3) is 0 Å². The first-order valence-electron chi connectivity index (χ1n) is 28.8. The maximum absolute atomic E-state index is 13.2. The van der Waals surface area contributed by atoms with Crippen molar-refractivity contribution in [2.24, 2.45) is 58.2 Å². The zero-order valence-electron chi connectivity index (χ0n) is 48.9. The van der Waals surface area contributed by atoms with Crippen molar-refractivity contribution >= 4 is 47.8 Å². The minimum atomic E-state index is -0.996. The van der Waals surface area contributed by atoms with E-state index in [0.717, 1.165) is 0 Å². The van der Waals surface area contributed by atoms with Crippen LogP contribution >= 0.6 is 0 Å². The monoisotopic (exact) mass is 1160 g/mol. The molecule has 0 unspecified atom stereocenters. The maximum atomic E-state index is 13.2. The molecule has 4 rings (SSSR count). The molecule has 4 aliphatic carbocycles. The molecule has 0 spiro atoms. The molecule has 4 saturated carbocycles. The summed E-state index contributed by atoms with van der Waals surface area (Å²) < 4.78 is 43.0. The third kappa shape index (κ3) is 27.4. The zero-order valence-corrected chi connectivity index (χ0v) is 48.9. The Hall–Kier alpha value is -5.96. The number of carbonyl (C=O) groups is 8. The summed E-state index contributed by atoms with van der Waals surface area (Å²) in [6.07, 6.45) is 18.7. The number of esters is 8. The van der Waals surface area contributed by atoms with Gasteiger partial charge in [0.25, 0.3) is 0 Å².